The summed E-state index contributed by atoms with van der Waals surface area (Å²) in [5, 5.41) is 3.23. The Morgan fingerprint density at radius 1 is 1.47 bits per heavy atom. The predicted octanol–water partition coefficient (Wildman–Crippen LogP) is 3.07. The Labute approximate surface area is 102 Å². The maximum absolute atomic E-state index is 13.4. The fourth-order valence-electron chi connectivity index (χ4n) is 1.30. The number of hydrogen-bond acceptors (Lipinski definition) is 2. The van der Waals surface area contributed by atoms with Crippen LogP contribution in [0.5, 0.6) is 5.75 Å². The van der Waals surface area contributed by atoms with Crippen LogP contribution in [0, 0.1) is 12.7 Å². The van der Waals surface area contributed by atoms with Crippen LogP contribution in [-0.4, -0.2) is 19.2 Å². The normalized spacial score (nSPS) is 10.6. The smallest absolute Gasteiger partial charge is 0.165 e. The highest BCUT2D eigenvalue weighted by atomic mass is 19.1. The number of nitrogens with one attached hydrogen (secondary N) is 1. The van der Waals surface area contributed by atoms with Crippen LogP contribution < -0.4 is 10.1 Å². The van der Waals surface area contributed by atoms with E-state index in [1.165, 1.54) is 6.07 Å². The summed E-state index contributed by atoms with van der Waals surface area (Å²) in [5.41, 5.74) is 1.88. The van der Waals surface area contributed by atoms with E-state index in [4.69, 9.17) is 4.74 Å². The van der Waals surface area contributed by atoms with Gasteiger partial charge >= 0.3 is 0 Å². The monoisotopic (exact) mass is 237 g/mol. The molecule has 1 aromatic rings. The van der Waals surface area contributed by atoms with E-state index in [0.29, 0.717) is 19.2 Å². The number of halogens is 1. The van der Waals surface area contributed by atoms with Crippen LogP contribution in [0.1, 0.15) is 19.4 Å². The molecule has 0 saturated carbocycles. The van der Waals surface area contributed by atoms with Crippen molar-refractivity contribution in [2.24, 2.45) is 0 Å². The average molecular weight is 237 g/mol. The molecule has 0 atom stereocenters. The topological polar surface area (TPSA) is 21.3 Å². The second-order valence-electron chi connectivity index (χ2n) is 4.51. The first kappa shape index (κ1) is 13.7. The zero-order valence-corrected chi connectivity index (χ0v) is 10.7. The van der Waals surface area contributed by atoms with Crippen LogP contribution in [0.4, 0.5) is 4.39 Å². The summed E-state index contributed by atoms with van der Waals surface area (Å²) in [6, 6.07) is 5.23. The van der Waals surface area contributed by atoms with Crippen LogP contribution in [0.15, 0.2) is 30.4 Å². The van der Waals surface area contributed by atoms with Crippen LogP contribution in [-0.2, 0) is 0 Å². The fourth-order valence-corrected chi connectivity index (χ4v) is 1.30. The lowest BCUT2D eigenvalue weighted by molar-refractivity contribution is 0.328. The minimum absolute atomic E-state index is 0.288. The molecule has 2 nitrogen and oxygen atoms in total. The summed E-state index contributed by atoms with van der Waals surface area (Å²) in [6.45, 7) is 10.9. The van der Waals surface area contributed by atoms with Crippen molar-refractivity contribution in [3.05, 3.63) is 41.7 Å². The Balaban J connectivity index is 2.44. The molecule has 0 bridgehead atoms. The highest BCUT2D eigenvalue weighted by Crippen LogP contribution is 2.18. The molecular weight excluding hydrogens is 217 g/mol. The van der Waals surface area contributed by atoms with E-state index < -0.39 is 0 Å². The number of rotatable bonds is 6. The van der Waals surface area contributed by atoms with Gasteiger partial charge in [-0.2, -0.15) is 0 Å². The van der Waals surface area contributed by atoms with Crippen molar-refractivity contribution in [1.82, 2.24) is 5.32 Å². The minimum atomic E-state index is -0.333. The standard InChI is InChI=1S/C14H20FNO/c1-10(2)16-8-12(4)9-17-14-7-11(3)5-6-13(14)15/h5-7,10,16H,4,8-9H2,1-3H3. The van der Waals surface area contributed by atoms with E-state index in [1.807, 2.05) is 6.92 Å². The SMILES string of the molecule is C=C(CNC(C)C)COc1cc(C)ccc1F. The lowest BCUT2D eigenvalue weighted by Gasteiger charge is -2.12. The van der Waals surface area contributed by atoms with Crippen molar-refractivity contribution in [2.45, 2.75) is 26.8 Å². The van der Waals surface area contributed by atoms with E-state index in [9.17, 15) is 4.39 Å². The van der Waals surface area contributed by atoms with Crippen molar-refractivity contribution in [3.8, 4) is 5.75 Å². The molecule has 1 rings (SSSR count). The highest BCUT2D eigenvalue weighted by Gasteiger charge is 2.04. The number of hydrogen-bond donors (Lipinski definition) is 1. The Hall–Kier alpha value is -1.35. The molecule has 1 aromatic carbocycles. The molecular formula is C14H20FNO. The van der Waals surface area contributed by atoms with Crippen molar-refractivity contribution in [3.63, 3.8) is 0 Å². The first-order chi connectivity index (χ1) is 7.99. The third-order valence-electron chi connectivity index (χ3n) is 2.28. The molecule has 1 N–H and O–H groups in total. The van der Waals surface area contributed by atoms with Crippen LogP contribution in [0.3, 0.4) is 0 Å². The van der Waals surface area contributed by atoms with Gasteiger partial charge in [-0.1, -0.05) is 26.5 Å². The molecule has 0 aliphatic rings. The Morgan fingerprint density at radius 3 is 2.82 bits per heavy atom. The van der Waals surface area contributed by atoms with Gasteiger partial charge in [0.25, 0.3) is 0 Å². The Bertz CT molecular complexity index is 388. The van der Waals surface area contributed by atoms with Gasteiger partial charge in [0.15, 0.2) is 11.6 Å². The lowest BCUT2D eigenvalue weighted by Crippen LogP contribution is -2.26. The molecule has 17 heavy (non-hydrogen) atoms. The minimum Gasteiger partial charge on any atom is -0.486 e. The quantitative estimate of drug-likeness (QED) is 0.768. The first-order valence-corrected chi connectivity index (χ1v) is 5.78. The molecule has 0 spiro atoms. The van der Waals surface area contributed by atoms with Crippen LogP contribution in [0.2, 0.25) is 0 Å². The predicted molar refractivity (Wildman–Crippen MR) is 68.9 cm³/mol. The first-order valence-electron chi connectivity index (χ1n) is 5.78. The molecule has 0 amide bonds. The maximum Gasteiger partial charge on any atom is 0.165 e. The Morgan fingerprint density at radius 2 is 2.18 bits per heavy atom. The van der Waals surface area contributed by atoms with E-state index in [0.717, 1.165) is 11.1 Å². The highest BCUT2D eigenvalue weighted by molar-refractivity contribution is 5.29. The summed E-state index contributed by atoms with van der Waals surface area (Å²) in [5.74, 6) is -0.0454. The van der Waals surface area contributed by atoms with Gasteiger partial charge in [0.2, 0.25) is 0 Å². The van der Waals surface area contributed by atoms with Crippen molar-refractivity contribution < 1.29 is 9.13 Å². The van der Waals surface area contributed by atoms with Gasteiger partial charge in [0.1, 0.15) is 6.61 Å². The van der Waals surface area contributed by atoms with E-state index in [1.54, 1.807) is 12.1 Å². The molecule has 0 heterocycles. The van der Waals surface area contributed by atoms with Gasteiger partial charge < -0.3 is 10.1 Å². The average Bonchev–Trinajstić information content (AvgIpc) is 2.27. The van der Waals surface area contributed by atoms with Crippen LogP contribution in [0.25, 0.3) is 0 Å². The molecule has 0 aliphatic heterocycles. The van der Waals surface area contributed by atoms with Gasteiger partial charge in [-0.05, 0) is 30.2 Å². The van der Waals surface area contributed by atoms with Crippen molar-refractivity contribution >= 4 is 0 Å². The summed E-state index contributed by atoms with van der Waals surface area (Å²) >= 11 is 0. The summed E-state index contributed by atoms with van der Waals surface area (Å²) in [6.07, 6.45) is 0. The zero-order valence-electron chi connectivity index (χ0n) is 10.7. The zero-order chi connectivity index (χ0) is 12.8. The molecule has 94 valence electrons. The third-order valence-corrected chi connectivity index (χ3v) is 2.28. The largest absolute Gasteiger partial charge is 0.486 e. The fraction of sp³-hybridized carbons (Fsp3) is 0.429. The molecule has 0 saturated heterocycles. The van der Waals surface area contributed by atoms with Gasteiger partial charge in [0, 0.05) is 12.6 Å². The van der Waals surface area contributed by atoms with Gasteiger partial charge in [-0.15, -0.1) is 0 Å². The lowest BCUT2D eigenvalue weighted by atomic mass is 10.2. The third kappa shape index (κ3) is 5.00. The number of benzene rings is 1. The maximum atomic E-state index is 13.4. The second-order valence-corrected chi connectivity index (χ2v) is 4.51. The summed E-state index contributed by atoms with van der Waals surface area (Å²) < 4.78 is 18.8. The summed E-state index contributed by atoms with van der Waals surface area (Å²) in [7, 11) is 0. The second kappa shape index (κ2) is 6.40. The molecule has 3 heteroatoms. The number of aryl methyl sites for hydroxylation is 1. The van der Waals surface area contributed by atoms with E-state index >= 15 is 0 Å². The molecule has 0 unspecified atom stereocenters. The van der Waals surface area contributed by atoms with Gasteiger partial charge in [-0.25, -0.2) is 4.39 Å². The molecule has 0 fully saturated rings. The van der Waals surface area contributed by atoms with Crippen molar-refractivity contribution in [1.29, 1.82) is 0 Å². The van der Waals surface area contributed by atoms with Crippen molar-refractivity contribution in [2.75, 3.05) is 13.2 Å². The van der Waals surface area contributed by atoms with E-state index in [2.05, 4.69) is 25.7 Å². The molecule has 0 aromatic heterocycles. The Kier molecular flexibility index (Phi) is 5.16. The molecule has 0 radical (unpaired) electrons. The molecule has 0 aliphatic carbocycles. The summed E-state index contributed by atoms with van der Waals surface area (Å²) in [4.78, 5) is 0. The van der Waals surface area contributed by atoms with Gasteiger partial charge in [-0.3, -0.25) is 0 Å². The number of ether oxygens (including phenoxy) is 1. The van der Waals surface area contributed by atoms with Crippen LogP contribution >= 0.6 is 0 Å². The van der Waals surface area contributed by atoms with E-state index in [-0.39, 0.29) is 11.6 Å². The van der Waals surface area contributed by atoms with Gasteiger partial charge in [0.05, 0.1) is 0 Å².